The Bertz CT molecular complexity index is 478. The van der Waals surface area contributed by atoms with Crippen molar-refractivity contribution in [2.45, 2.75) is 18.9 Å². The molecule has 1 aliphatic heterocycles. The van der Waals surface area contributed by atoms with Gasteiger partial charge >= 0.3 is 0 Å². The molecule has 17 heavy (non-hydrogen) atoms. The van der Waals surface area contributed by atoms with Crippen LogP contribution in [0.15, 0.2) is 24.5 Å². The summed E-state index contributed by atoms with van der Waals surface area (Å²) in [5.74, 6) is 0. The Morgan fingerprint density at radius 1 is 1.24 bits per heavy atom. The first-order valence-electron chi connectivity index (χ1n) is 5.80. The molecule has 2 aromatic rings. The van der Waals surface area contributed by atoms with Gasteiger partial charge in [-0.25, -0.2) is 0 Å². The average molecular weight is 249 g/mol. The number of anilines is 1. The number of nitrogens with zero attached hydrogens (tertiary/aromatic N) is 4. The van der Waals surface area contributed by atoms with Crippen molar-refractivity contribution in [3.05, 3.63) is 24.5 Å². The summed E-state index contributed by atoms with van der Waals surface area (Å²) < 4.78 is 1.98. The van der Waals surface area contributed by atoms with Crippen LogP contribution in [0, 0.1) is 0 Å². The quantitative estimate of drug-likeness (QED) is 0.870. The van der Waals surface area contributed by atoms with E-state index in [0.29, 0.717) is 0 Å². The summed E-state index contributed by atoms with van der Waals surface area (Å²) in [7, 11) is 0. The van der Waals surface area contributed by atoms with Gasteiger partial charge in [-0.3, -0.25) is 4.57 Å². The molecule has 90 valence electrons. The highest BCUT2D eigenvalue weighted by molar-refractivity contribution is 7.17. The van der Waals surface area contributed by atoms with Crippen molar-refractivity contribution < 1.29 is 0 Å². The highest BCUT2D eigenvalue weighted by Gasteiger charge is 2.20. The second-order valence-electron chi connectivity index (χ2n) is 4.31. The summed E-state index contributed by atoms with van der Waals surface area (Å²) in [5.41, 5.74) is 5.97. The predicted molar refractivity (Wildman–Crippen MR) is 68.7 cm³/mol. The van der Waals surface area contributed by atoms with E-state index in [1.54, 1.807) is 11.3 Å². The van der Waals surface area contributed by atoms with Gasteiger partial charge in [0.1, 0.15) is 0 Å². The highest BCUT2D eigenvalue weighted by Crippen LogP contribution is 2.25. The minimum absolute atomic E-state index is 0.266. The number of hydrogen-bond acceptors (Lipinski definition) is 5. The van der Waals surface area contributed by atoms with E-state index in [9.17, 15) is 0 Å². The van der Waals surface area contributed by atoms with Crippen LogP contribution in [-0.2, 0) is 0 Å². The van der Waals surface area contributed by atoms with Crippen LogP contribution in [0.2, 0.25) is 0 Å². The third-order valence-corrected chi connectivity index (χ3v) is 3.95. The lowest BCUT2D eigenvalue weighted by Gasteiger charge is -2.29. The van der Waals surface area contributed by atoms with Crippen LogP contribution in [0.3, 0.4) is 0 Å². The van der Waals surface area contributed by atoms with Crippen molar-refractivity contribution >= 4 is 16.5 Å². The van der Waals surface area contributed by atoms with Crippen LogP contribution in [0.25, 0.3) is 5.13 Å². The van der Waals surface area contributed by atoms with E-state index in [1.165, 1.54) is 0 Å². The van der Waals surface area contributed by atoms with Gasteiger partial charge in [0.25, 0.3) is 0 Å². The Balaban J connectivity index is 1.80. The van der Waals surface area contributed by atoms with Gasteiger partial charge in [-0.05, 0) is 25.0 Å². The van der Waals surface area contributed by atoms with E-state index in [1.807, 2.05) is 29.1 Å². The van der Waals surface area contributed by atoms with Crippen molar-refractivity contribution in [2.75, 3.05) is 18.0 Å². The molecule has 1 atom stereocenters. The summed E-state index contributed by atoms with van der Waals surface area (Å²) >= 11 is 1.61. The van der Waals surface area contributed by atoms with Gasteiger partial charge in [0.05, 0.1) is 0 Å². The minimum atomic E-state index is 0.266. The number of piperidine rings is 1. The largest absolute Gasteiger partial charge is 0.345 e. The topological polar surface area (TPSA) is 60.0 Å². The van der Waals surface area contributed by atoms with Gasteiger partial charge in [-0.2, -0.15) is 0 Å². The van der Waals surface area contributed by atoms with Crippen LogP contribution in [0.4, 0.5) is 5.13 Å². The second kappa shape index (κ2) is 4.46. The van der Waals surface area contributed by atoms with Gasteiger partial charge in [-0.15, -0.1) is 10.2 Å². The smallest absolute Gasteiger partial charge is 0.218 e. The normalized spacial score (nSPS) is 20.8. The van der Waals surface area contributed by atoms with Crippen LogP contribution in [0.1, 0.15) is 12.8 Å². The SMILES string of the molecule is N[C@@H]1CCCN(c2nnc(-n3cccc3)s2)C1. The molecule has 0 amide bonds. The molecule has 0 spiro atoms. The van der Waals surface area contributed by atoms with Crippen molar-refractivity contribution in [2.24, 2.45) is 5.73 Å². The lowest BCUT2D eigenvalue weighted by Crippen LogP contribution is -2.42. The minimum Gasteiger partial charge on any atom is -0.345 e. The number of nitrogens with two attached hydrogens (primary N) is 1. The molecule has 1 fully saturated rings. The lowest BCUT2D eigenvalue weighted by atomic mass is 10.1. The highest BCUT2D eigenvalue weighted by atomic mass is 32.1. The molecule has 3 heterocycles. The Hall–Kier alpha value is -1.40. The monoisotopic (exact) mass is 249 g/mol. The third kappa shape index (κ3) is 2.18. The molecule has 0 bridgehead atoms. The predicted octanol–water partition coefficient (Wildman–Crippen LogP) is 1.26. The van der Waals surface area contributed by atoms with E-state index in [0.717, 1.165) is 36.2 Å². The molecule has 2 aromatic heterocycles. The second-order valence-corrected chi connectivity index (χ2v) is 5.24. The first-order chi connectivity index (χ1) is 8.33. The first kappa shape index (κ1) is 10.7. The Morgan fingerprint density at radius 3 is 2.76 bits per heavy atom. The van der Waals surface area contributed by atoms with Gasteiger partial charge in [0.15, 0.2) is 0 Å². The standard InChI is InChI=1S/C11H15N5S/c12-9-4-3-7-16(8-9)11-14-13-10(17-11)15-5-1-2-6-15/h1-2,5-6,9H,3-4,7-8,12H2/t9-/m1/s1. The van der Waals surface area contributed by atoms with Crippen LogP contribution < -0.4 is 10.6 Å². The molecule has 0 radical (unpaired) electrons. The molecule has 0 unspecified atom stereocenters. The Labute approximate surface area is 104 Å². The van der Waals surface area contributed by atoms with Crippen molar-refractivity contribution in [3.63, 3.8) is 0 Å². The fraction of sp³-hybridized carbons (Fsp3) is 0.455. The average Bonchev–Trinajstić information content (AvgIpc) is 3.00. The number of aromatic nitrogens is 3. The zero-order chi connectivity index (χ0) is 11.7. The summed E-state index contributed by atoms with van der Waals surface area (Å²) in [6, 6.07) is 4.23. The maximum Gasteiger partial charge on any atom is 0.218 e. The van der Waals surface area contributed by atoms with E-state index < -0.39 is 0 Å². The molecule has 0 aliphatic carbocycles. The summed E-state index contributed by atoms with van der Waals surface area (Å²) in [4.78, 5) is 2.23. The fourth-order valence-electron chi connectivity index (χ4n) is 2.09. The van der Waals surface area contributed by atoms with Crippen LogP contribution in [-0.4, -0.2) is 33.9 Å². The summed E-state index contributed by atoms with van der Waals surface area (Å²) in [6.07, 6.45) is 6.21. The van der Waals surface area contributed by atoms with E-state index in [4.69, 9.17) is 5.73 Å². The lowest BCUT2D eigenvalue weighted by molar-refractivity contribution is 0.505. The van der Waals surface area contributed by atoms with Gasteiger partial charge in [-0.1, -0.05) is 11.3 Å². The fourth-order valence-corrected chi connectivity index (χ4v) is 2.93. The zero-order valence-electron chi connectivity index (χ0n) is 9.49. The van der Waals surface area contributed by atoms with Gasteiger partial charge in [0.2, 0.25) is 10.3 Å². The Morgan fingerprint density at radius 2 is 2.00 bits per heavy atom. The van der Waals surface area contributed by atoms with E-state index >= 15 is 0 Å². The molecule has 0 aromatic carbocycles. The van der Waals surface area contributed by atoms with E-state index in [-0.39, 0.29) is 6.04 Å². The molecule has 2 N–H and O–H groups in total. The molecule has 3 rings (SSSR count). The van der Waals surface area contributed by atoms with Crippen LogP contribution >= 0.6 is 11.3 Å². The molecule has 1 saturated heterocycles. The third-order valence-electron chi connectivity index (χ3n) is 2.96. The van der Waals surface area contributed by atoms with Gasteiger partial charge in [0, 0.05) is 31.5 Å². The maximum atomic E-state index is 5.97. The first-order valence-corrected chi connectivity index (χ1v) is 6.62. The molecule has 1 aliphatic rings. The van der Waals surface area contributed by atoms with Crippen LogP contribution in [0.5, 0.6) is 0 Å². The van der Waals surface area contributed by atoms with E-state index in [2.05, 4.69) is 15.1 Å². The van der Waals surface area contributed by atoms with Gasteiger partial charge < -0.3 is 10.6 Å². The summed E-state index contributed by atoms with van der Waals surface area (Å²) in [5, 5.41) is 10.3. The molecule has 5 nitrogen and oxygen atoms in total. The maximum absolute atomic E-state index is 5.97. The molecular formula is C11H15N5S. The van der Waals surface area contributed by atoms with Crippen molar-refractivity contribution in [1.82, 2.24) is 14.8 Å². The molecular weight excluding hydrogens is 234 g/mol. The number of hydrogen-bond donors (Lipinski definition) is 1. The van der Waals surface area contributed by atoms with Crippen molar-refractivity contribution in [1.29, 1.82) is 0 Å². The van der Waals surface area contributed by atoms with Crippen molar-refractivity contribution in [3.8, 4) is 5.13 Å². The molecule has 6 heteroatoms. The summed E-state index contributed by atoms with van der Waals surface area (Å²) in [6.45, 7) is 1.92. The number of rotatable bonds is 2. The Kier molecular flexibility index (Phi) is 2.82. The molecule has 0 saturated carbocycles. The zero-order valence-corrected chi connectivity index (χ0v) is 10.3.